The van der Waals surface area contributed by atoms with Crippen molar-refractivity contribution < 1.29 is 8.78 Å². The highest BCUT2D eigenvalue weighted by atomic mass is 19.3. The molecule has 1 saturated carbocycles. The van der Waals surface area contributed by atoms with Crippen LogP contribution in [-0.2, 0) is 12.3 Å². The molecule has 0 radical (unpaired) electrons. The first-order chi connectivity index (χ1) is 8.66. The van der Waals surface area contributed by atoms with Gasteiger partial charge in [-0.05, 0) is 50.3 Å². The van der Waals surface area contributed by atoms with E-state index in [2.05, 4.69) is 5.32 Å². The monoisotopic (exact) mass is 251 g/mol. The largest absolute Gasteiger partial charge is 0.316 e. The molecule has 3 rings (SSSR count). The van der Waals surface area contributed by atoms with Crippen molar-refractivity contribution in [2.75, 3.05) is 13.1 Å². The molecule has 1 aliphatic carbocycles. The van der Waals surface area contributed by atoms with Crippen LogP contribution in [-0.4, -0.2) is 13.1 Å². The second-order valence-corrected chi connectivity index (χ2v) is 5.66. The van der Waals surface area contributed by atoms with Crippen molar-refractivity contribution in [3.05, 3.63) is 35.4 Å². The molecule has 0 amide bonds. The van der Waals surface area contributed by atoms with E-state index < -0.39 is 11.8 Å². The van der Waals surface area contributed by atoms with E-state index in [0.717, 1.165) is 19.5 Å². The van der Waals surface area contributed by atoms with Crippen LogP contribution in [0.25, 0.3) is 0 Å². The predicted octanol–water partition coefficient (Wildman–Crippen LogP) is 3.34. The minimum Gasteiger partial charge on any atom is -0.316 e. The molecule has 1 aromatic carbocycles. The quantitative estimate of drug-likeness (QED) is 0.865. The van der Waals surface area contributed by atoms with E-state index in [-0.39, 0.29) is 5.56 Å². The van der Waals surface area contributed by atoms with Crippen LogP contribution in [0.3, 0.4) is 0 Å². The van der Waals surface area contributed by atoms with Gasteiger partial charge in [0.25, 0.3) is 5.92 Å². The molecule has 18 heavy (non-hydrogen) atoms. The highest BCUT2D eigenvalue weighted by Gasteiger charge is 2.47. The molecule has 1 atom stereocenters. The lowest BCUT2D eigenvalue weighted by Crippen LogP contribution is -2.16. The average molecular weight is 251 g/mol. The Balaban J connectivity index is 1.68. The number of hydrogen-bond donors (Lipinski definition) is 1. The Morgan fingerprint density at radius 1 is 1.11 bits per heavy atom. The molecule has 1 heterocycles. The van der Waals surface area contributed by atoms with E-state index in [1.54, 1.807) is 12.1 Å². The first kappa shape index (κ1) is 12.1. The normalized spacial score (nSPS) is 24.4. The molecule has 2 fully saturated rings. The molecule has 0 aromatic heterocycles. The number of hydrogen-bond acceptors (Lipinski definition) is 1. The van der Waals surface area contributed by atoms with Crippen LogP contribution >= 0.6 is 0 Å². The Morgan fingerprint density at radius 2 is 1.83 bits per heavy atom. The molecule has 0 bridgehead atoms. The molecule has 98 valence electrons. The molecule has 0 spiro atoms. The van der Waals surface area contributed by atoms with Crippen molar-refractivity contribution >= 4 is 0 Å². The minimum atomic E-state index is -2.62. The first-order valence-electron chi connectivity index (χ1n) is 6.84. The second-order valence-electron chi connectivity index (χ2n) is 5.66. The molecule has 1 saturated heterocycles. The SMILES string of the molecule is FC(F)(c1ccc(CC2CCNC2)cc1)C1CC1. The zero-order chi connectivity index (χ0) is 12.6. The third-order valence-corrected chi connectivity index (χ3v) is 4.12. The zero-order valence-electron chi connectivity index (χ0n) is 10.5. The molecular weight excluding hydrogens is 232 g/mol. The fourth-order valence-electron chi connectivity index (χ4n) is 2.77. The van der Waals surface area contributed by atoms with E-state index in [9.17, 15) is 8.78 Å². The molecule has 1 unspecified atom stereocenters. The van der Waals surface area contributed by atoms with Crippen LogP contribution in [0.5, 0.6) is 0 Å². The molecule has 1 aromatic rings. The van der Waals surface area contributed by atoms with Gasteiger partial charge in [-0.2, -0.15) is 0 Å². The van der Waals surface area contributed by atoms with Crippen LogP contribution in [0.1, 0.15) is 30.4 Å². The van der Waals surface area contributed by atoms with Crippen molar-refractivity contribution in [1.82, 2.24) is 5.32 Å². The standard InChI is InChI=1S/C15H19F2N/c16-15(17,14-5-6-14)13-3-1-11(2-4-13)9-12-7-8-18-10-12/h1-4,12,14,18H,5-10H2. The summed E-state index contributed by atoms with van der Waals surface area (Å²) in [6.45, 7) is 2.14. The summed E-state index contributed by atoms with van der Waals surface area (Å²) in [4.78, 5) is 0. The van der Waals surface area contributed by atoms with Gasteiger partial charge in [0.2, 0.25) is 0 Å². The lowest BCUT2D eigenvalue weighted by Gasteiger charge is -2.16. The predicted molar refractivity (Wildman–Crippen MR) is 67.7 cm³/mol. The summed E-state index contributed by atoms with van der Waals surface area (Å²) >= 11 is 0. The molecule has 1 aliphatic heterocycles. The van der Waals surface area contributed by atoms with E-state index in [1.165, 1.54) is 12.0 Å². The van der Waals surface area contributed by atoms with E-state index >= 15 is 0 Å². The van der Waals surface area contributed by atoms with Crippen LogP contribution in [0, 0.1) is 11.8 Å². The Morgan fingerprint density at radius 3 is 2.39 bits per heavy atom. The van der Waals surface area contributed by atoms with E-state index in [0.29, 0.717) is 18.8 Å². The van der Waals surface area contributed by atoms with E-state index in [4.69, 9.17) is 0 Å². The van der Waals surface area contributed by atoms with Gasteiger partial charge in [-0.1, -0.05) is 24.3 Å². The van der Waals surface area contributed by atoms with E-state index in [1.807, 2.05) is 12.1 Å². The Bertz CT molecular complexity index is 403. The van der Waals surface area contributed by atoms with Gasteiger partial charge in [-0.15, -0.1) is 0 Å². The third-order valence-electron chi connectivity index (χ3n) is 4.12. The van der Waals surface area contributed by atoms with Crippen molar-refractivity contribution in [3.63, 3.8) is 0 Å². The molecule has 3 heteroatoms. The van der Waals surface area contributed by atoms with Gasteiger partial charge in [0, 0.05) is 11.5 Å². The highest BCUT2D eigenvalue weighted by molar-refractivity contribution is 5.27. The lowest BCUT2D eigenvalue weighted by atomic mass is 9.96. The van der Waals surface area contributed by atoms with Gasteiger partial charge >= 0.3 is 0 Å². The first-order valence-corrected chi connectivity index (χ1v) is 6.84. The number of halogens is 2. The maximum atomic E-state index is 13.9. The highest BCUT2D eigenvalue weighted by Crippen LogP contribution is 2.49. The summed E-state index contributed by atoms with van der Waals surface area (Å²) in [6, 6.07) is 7.00. The Labute approximate surface area is 107 Å². The van der Waals surface area contributed by atoms with Gasteiger partial charge in [-0.3, -0.25) is 0 Å². The van der Waals surface area contributed by atoms with Crippen LogP contribution in [0.4, 0.5) is 8.78 Å². The average Bonchev–Trinajstić information content (AvgIpc) is 3.11. The number of rotatable bonds is 4. The molecule has 1 nitrogen and oxygen atoms in total. The summed E-state index contributed by atoms with van der Waals surface area (Å²) in [6.07, 6.45) is 3.53. The molecular formula is C15H19F2N. The van der Waals surface area contributed by atoms with Crippen LogP contribution in [0.15, 0.2) is 24.3 Å². The maximum absolute atomic E-state index is 13.9. The van der Waals surface area contributed by atoms with Gasteiger partial charge in [-0.25, -0.2) is 8.78 Å². The Hall–Kier alpha value is -0.960. The fourth-order valence-corrected chi connectivity index (χ4v) is 2.77. The van der Waals surface area contributed by atoms with Crippen molar-refractivity contribution in [2.24, 2.45) is 11.8 Å². The zero-order valence-corrected chi connectivity index (χ0v) is 10.5. The summed E-state index contributed by atoms with van der Waals surface area (Å²) < 4.78 is 27.7. The van der Waals surface area contributed by atoms with Crippen molar-refractivity contribution in [2.45, 2.75) is 31.6 Å². The van der Waals surface area contributed by atoms with Crippen molar-refractivity contribution in [1.29, 1.82) is 0 Å². The molecule has 1 N–H and O–H groups in total. The summed E-state index contributed by atoms with van der Waals surface area (Å²) in [5.41, 5.74) is 1.37. The molecule has 2 aliphatic rings. The van der Waals surface area contributed by atoms with Crippen molar-refractivity contribution in [3.8, 4) is 0 Å². The number of benzene rings is 1. The summed E-state index contributed by atoms with van der Waals surface area (Å²) in [5, 5.41) is 3.33. The topological polar surface area (TPSA) is 12.0 Å². The lowest BCUT2D eigenvalue weighted by molar-refractivity contribution is -0.0285. The van der Waals surface area contributed by atoms with Gasteiger partial charge in [0.1, 0.15) is 0 Å². The van der Waals surface area contributed by atoms with Crippen LogP contribution in [0.2, 0.25) is 0 Å². The summed E-state index contributed by atoms with van der Waals surface area (Å²) in [7, 11) is 0. The third kappa shape index (κ3) is 2.41. The minimum absolute atomic E-state index is 0.193. The maximum Gasteiger partial charge on any atom is 0.276 e. The number of alkyl halides is 2. The smallest absolute Gasteiger partial charge is 0.276 e. The van der Waals surface area contributed by atoms with Crippen LogP contribution < -0.4 is 5.32 Å². The Kier molecular flexibility index (Phi) is 3.10. The fraction of sp³-hybridized carbons (Fsp3) is 0.600. The van der Waals surface area contributed by atoms with Gasteiger partial charge < -0.3 is 5.32 Å². The van der Waals surface area contributed by atoms with Gasteiger partial charge in [0.15, 0.2) is 0 Å². The summed E-state index contributed by atoms with van der Waals surface area (Å²) in [5.74, 6) is -2.37. The van der Waals surface area contributed by atoms with Gasteiger partial charge in [0.05, 0.1) is 0 Å². The number of nitrogens with one attached hydrogen (secondary N) is 1. The second kappa shape index (κ2) is 4.61.